The molecule has 9 heteroatoms. The SMILES string of the molecule is CCn1nccc1NC(=O)c1ccc(C)c(NC(=O)c2nn(-c3ccccc3)nc2C)c1. The van der Waals surface area contributed by atoms with Crippen LogP contribution in [0.3, 0.4) is 0 Å². The molecule has 2 aromatic heterocycles. The molecule has 0 unspecified atom stereocenters. The Hall–Kier alpha value is -4.27. The third-order valence-corrected chi connectivity index (χ3v) is 4.99. The Morgan fingerprint density at radius 3 is 2.47 bits per heavy atom. The standard InChI is InChI=1S/C23H23N7O2/c1-4-29-20(12-13-24-29)26-22(31)17-11-10-15(2)19(14-17)25-23(32)21-16(3)27-30(28-21)18-8-6-5-7-9-18/h5-14H,4H2,1-3H3,(H,25,32)(H,26,31). The van der Waals surface area contributed by atoms with Crippen molar-refractivity contribution in [2.24, 2.45) is 0 Å². The molecule has 0 fully saturated rings. The molecule has 0 bridgehead atoms. The zero-order chi connectivity index (χ0) is 22.7. The van der Waals surface area contributed by atoms with Gasteiger partial charge in [-0.1, -0.05) is 24.3 Å². The predicted octanol–water partition coefficient (Wildman–Crippen LogP) is 3.61. The number of nitrogens with zero attached hydrogens (tertiary/aromatic N) is 5. The van der Waals surface area contributed by atoms with Crippen LogP contribution in [0.15, 0.2) is 60.8 Å². The van der Waals surface area contributed by atoms with Crippen LogP contribution in [-0.4, -0.2) is 36.6 Å². The zero-order valence-corrected chi connectivity index (χ0v) is 18.0. The van der Waals surface area contributed by atoms with Crippen molar-refractivity contribution in [3.8, 4) is 5.69 Å². The fourth-order valence-electron chi connectivity index (χ4n) is 3.22. The van der Waals surface area contributed by atoms with Crippen molar-refractivity contribution >= 4 is 23.3 Å². The maximum atomic E-state index is 12.9. The molecule has 2 N–H and O–H groups in total. The third kappa shape index (κ3) is 4.27. The monoisotopic (exact) mass is 429 g/mol. The first-order valence-corrected chi connectivity index (χ1v) is 10.2. The highest BCUT2D eigenvalue weighted by Gasteiger charge is 2.18. The van der Waals surface area contributed by atoms with E-state index in [1.165, 1.54) is 4.80 Å². The number of aromatic nitrogens is 5. The van der Waals surface area contributed by atoms with Crippen molar-refractivity contribution in [2.45, 2.75) is 27.3 Å². The van der Waals surface area contributed by atoms with Crippen LogP contribution < -0.4 is 10.6 Å². The predicted molar refractivity (Wildman–Crippen MR) is 121 cm³/mol. The van der Waals surface area contributed by atoms with E-state index in [0.717, 1.165) is 11.3 Å². The maximum Gasteiger partial charge on any atom is 0.278 e. The minimum atomic E-state index is -0.394. The average Bonchev–Trinajstić information content (AvgIpc) is 3.41. The molecular weight excluding hydrogens is 406 g/mol. The fourth-order valence-corrected chi connectivity index (χ4v) is 3.22. The Bertz CT molecular complexity index is 1270. The highest BCUT2D eigenvalue weighted by molar-refractivity contribution is 6.07. The average molecular weight is 429 g/mol. The molecule has 162 valence electrons. The summed E-state index contributed by atoms with van der Waals surface area (Å²) >= 11 is 0. The maximum absolute atomic E-state index is 12.9. The molecular formula is C23H23N7O2. The van der Waals surface area contributed by atoms with Crippen LogP contribution >= 0.6 is 0 Å². The molecule has 2 amide bonds. The molecule has 0 aliphatic rings. The van der Waals surface area contributed by atoms with E-state index in [1.807, 2.05) is 44.2 Å². The topological polar surface area (TPSA) is 107 Å². The van der Waals surface area contributed by atoms with Gasteiger partial charge in [0.15, 0.2) is 5.69 Å². The number of nitrogens with one attached hydrogen (secondary N) is 2. The van der Waals surface area contributed by atoms with Gasteiger partial charge in [-0.3, -0.25) is 9.59 Å². The van der Waals surface area contributed by atoms with Crippen LogP contribution in [0.5, 0.6) is 0 Å². The van der Waals surface area contributed by atoms with Crippen LogP contribution in [-0.2, 0) is 6.54 Å². The number of carbonyl (C=O) groups is 2. The summed E-state index contributed by atoms with van der Waals surface area (Å²) < 4.78 is 1.69. The van der Waals surface area contributed by atoms with E-state index in [1.54, 1.807) is 42.1 Å². The summed E-state index contributed by atoms with van der Waals surface area (Å²) in [5, 5.41) is 18.5. The molecule has 0 aliphatic carbocycles. The molecule has 0 aliphatic heterocycles. The van der Waals surface area contributed by atoms with Crippen molar-refractivity contribution in [1.29, 1.82) is 0 Å². The third-order valence-electron chi connectivity index (χ3n) is 4.99. The van der Waals surface area contributed by atoms with Gasteiger partial charge in [0.25, 0.3) is 11.8 Å². The van der Waals surface area contributed by atoms with Crippen LogP contribution in [0, 0.1) is 13.8 Å². The molecule has 9 nitrogen and oxygen atoms in total. The largest absolute Gasteiger partial charge is 0.320 e. The van der Waals surface area contributed by atoms with E-state index in [9.17, 15) is 9.59 Å². The van der Waals surface area contributed by atoms with Gasteiger partial charge in [0.1, 0.15) is 5.82 Å². The number of anilines is 2. The summed E-state index contributed by atoms with van der Waals surface area (Å²) in [5.74, 6) is -0.0758. The van der Waals surface area contributed by atoms with E-state index < -0.39 is 5.91 Å². The summed E-state index contributed by atoms with van der Waals surface area (Å²) in [5.41, 5.74) is 3.25. The second kappa shape index (κ2) is 8.84. The van der Waals surface area contributed by atoms with E-state index in [2.05, 4.69) is 25.9 Å². The normalized spacial score (nSPS) is 10.7. The van der Waals surface area contributed by atoms with E-state index in [4.69, 9.17) is 0 Å². The zero-order valence-electron chi connectivity index (χ0n) is 18.0. The quantitative estimate of drug-likeness (QED) is 0.487. The van der Waals surface area contributed by atoms with Gasteiger partial charge < -0.3 is 10.6 Å². The molecule has 0 spiro atoms. The number of aryl methyl sites for hydroxylation is 3. The number of hydrogen-bond acceptors (Lipinski definition) is 5. The van der Waals surface area contributed by atoms with Crippen molar-refractivity contribution in [3.63, 3.8) is 0 Å². The van der Waals surface area contributed by atoms with E-state index >= 15 is 0 Å². The highest BCUT2D eigenvalue weighted by atomic mass is 16.2. The molecule has 0 saturated carbocycles. The van der Waals surface area contributed by atoms with Gasteiger partial charge in [-0.05, 0) is 50.6 Å². The van der Waals surface area contributed by atoms with Crippen molar-refractivity contribution < 1.29 is 9.59 Å². The first-order chi connectivity index (χ1) is 15.5. The second-order valence-corrected chi connectivity index (χ2v) is 7.23. The van der Waals surface area contributed by atoms with Gasteiger partial charge in [0.2, 0.25) is 0 Å². The van der Waals surface area contributed by atoms with Crippen LogP contribution in [0.4, 0.5) is 11.5 Å². The lowest BCUT2D eigenvalue weighted by atomic mass is 10.1. The van der Waals surface area contributed by atoms with Gasteiger partial charge in [0.05, 0.1) is 17.6 Å². The lowest BCUT2D eigenvalue weighted by Crippen LogP contribution is -2.18. The van der Waals surface area contributed by atoms with Crippen LogP contribution in [0.1, 0.15) is 39.0 Å². The van der Waals surface area contributed by atoms with Gasteiger partial charge >= 0.3 is 0 Å². The lowest BCUT2D eigenvalue weighted by Gasteiger charge is -2.11. The lowest BCUT2D eigenvalue weighted by molar-refractivity contribution is 0.101. The van der Waals surface area contributed by atoms with Crippen molar-refractivity contribution in [3.05, 3.63) is 83.3 Å². The minimum Gasteiger partial charge on any atom is -0.320 e. The van der Waals surface area contributed by atoms with Gasteiger partial charge in [-0.15, -0.1) is 5.10 Å². The number of rotatable bonds is 6. The Morgan fingerprint density at radius 2 is 1.72 bits per heavy atom. The molecule has 32 heavy (non-hydrogen) atoms. The Morgan fingerprint density at radius 1 is 0.938 bits per heavy atom. The fraction of sp³-hybridized carbons (Fsp3) is 0.174. The first kappa shape index (κ1) is 21.0. The molecule has 2 aromatic carbocycles. The number of hydrogen-bond donors (Lipinski definition) is 2. The summed E-state index contributed by atoms with van der Waals surface area (Å²) in [4.78, 5) is 27.1. The summed E-state index contributed by atoms with van der Waals surface area (Å²) in [6.45, 7) is 6.17. The summed E-state index contributed by atoms with van der Waals surface area (Å²) in [6, 6.07) is 16.2. The molecule has 0 saturated heterocycles. The number of amides is 2. The summed E-state index contributed by atoms with van der Waals surface area (Å²) in [6.07, 6.45) is 1.63. The Labute approximate surface area is 185 Å². The number of carbonyl (C=O) groups excluding carboxylic acids is 2. The Kier molecular flexibility index (Phi) is 5.80. The van der Waals surface area contributed by atoms with Crippen molar-refractivity contribution in [2.75, 3.05) is 10.6 Å². The van der Waals surface area contributed by atoms with E-state index in [0.29, 0.717) is 29.3 Å². The highest BCUT2D eigenvalue weighted by Crippen LogP contribution is 2.20. The Balaban J connectivity index is 1.54. The number of benzene rings is 2. The molecule has 0 radical (unpaired) electrons. The first-order valence-electron chi connectivity index (χ1n) is 10.2. The summed E-state index contributed by atoms with van der Waals surface area (Å²) in [7, 11) is 0. The molecule has 4 rings (SSSR count). The van der Waals surface area contributed by atoms with Gasteiger partial charge in [-0.2, -0.15) is 15.0 Å². The minimum absolute atomic E-state index is 0.218. The van der Waals surface area contributed by atoms with E-state index in [-0.39, 0.29) is 11.6 Å². The smallest absolute Gasteiger partial charge is 0.278 e. The van der Waals surface area contributed by atoms with Gasteiger partial charge in [-0.25, -0.2) is 4.68 Å². The molecule has 0 atom stereocenters. The number of para-hydroxylation sites is 1. The molecule has 4 aromatic rings. The van der Waals surface area contributed by atoms with Gasteiger partial charge in [0, 0.05) is 23.9 Å². The molecule has 2 heterocycles. The van der Waals surface area contributed by atoms with Crippen LogP contribution in [0.2, 0.25) is 0 Å². The van der Waals surface area contributed by atoms with Crippen molar-refractivity contribution in [1.82, 2.24) is 24.8 Å². The van der Waals surface area contributed by atoms with Crippen LogP contribution in [0.25, 0.3) is 5.69 Å². The second-order valence-electron chi connectivity index (χ2n) is 7.23.